The second-order valence-electron chi connectivity index (χ2n) is 10.8. The summed E-state index contributed by atoms with van der Waals surface area (Å²) in [5.41, 5.74) is 6.95. The van der Waals surface area contributed by atoms with Crippen molar-refractivity contribution in [3.8, 4) is 0 Å². The van der Waals surface area contributed by atoms with Gasteiger partial charge in [-0.2, -0.15) is 9.97 Å². The van der Waals surface area contributed by atoms with E-state index in [0.717, 1.165) is 34.7 Å². The van der Waals surface area contributed by atoms with Crippen molar-refractivity contribution in [2.24, 2.45) is 0 Å². The van der Waals surface area contributed by atoms with E-state index < -0.39 is 0 Å². The van der Waals surface area contributed by atoms with Crippen LogP contribution in [0.5, 0.6) is 0 Å². The number of fused-ring (bicyclic) bond motifs is 2. The largest absolute Gasteiger partial charge is 1.00 e. The average Bonchev–Trinajstić information content (AvgIpc) is 3.28. The summed E-state index contributed by atoms with van der Waals surface area (Å²) in [5.74, 6) is 3.74. The molecule has 2 aliphatic rings. The molecule has 0 amide bonds. The molecule has 0 spiro atoms. The molecule has 0 bridgehead atoms. The van der Waals surface area contributed by atoms with Crippen LogP contribution in [0.2, 0.25) is 0 Å². The molecule has 6 rings (SSSR count). The van der Waals surface area contributed by atoms with Gasteiger partial charge in [-0.05, 0) is 32.9 Å². The summed E-state index contributed by atoms with van der Waals surface area (Å²) < 4.78 is 0.616. The maximum atomic E-state index is 5.29. The molecule has 4 unspecified atom stereocenters. The molecule has 2 aliphatic heterocycles. The van der Waals surface area contributed by atoms with Crippen LogP contribution >= 0.6 is 0 Å². The van der Waals surface area contributed by atoms with Crippen LogP contribution in [0, 0.1) is 20.8 Å². The SMILES string of the molecule is Cc1cnc2c(n1)[NH+](c1ccccc1C)C(Cc1ncc3c(n1)[N+](C)(c1ccccc1C)C(C)N3C)N2C.[I-]. The number of para-hydroxylation sites is 2. The highest BCUT2D eigenvalue weighted by molar-refractivity contribution is 5.76. The molecule has 9 heteroatoms. The van der Waals surface area contributed by atoms with Gasteiger partial charge >= 0.3 is 0 Å². The molecule has 0 fully saturated rings. The lowest BCUT2D eigenvalue weighted by Gasteiger charge is -2.35. The number of aryl methyl sites for hydroxylation is 3. The van der Waals surface area contributed by atoms with E-state index in [-0.39, 0.29) is 36.3 Å². The Hall–Kier alpha value is -3.15. The zero-order chi connectivity index (χ0) is 26.8. The Labute approximate surface area is 248 Å². The van der Waals surface area contributed by atoms with E-state index in [0.29, 0.717) is 10.9 Å². The first-order valence-electron chi connectivity index (χ1n) is 13.2. The zero-order valence-corrected chi connectivity index (χ0v) is 25.8. The van der Waals surface area contributed by atoms with Gasteiger partial charge in [-0.15, -0.1) is 0 Å². The molecule has 1 N–H and O–H groups in total. The normalized spacial score (nSPS) is 23.4. The molecular formula is C30H36IN8+. The number of likely N-dealkylation sites (N-methyl/N-ethyl adjacent to an activating group) is 1. The number of nitrogens with zero attached hydrogens (tertiary/aromatic N) is 7. The van der Waals surface area contributed by atoms with Crippen molar-refractivity contribution in [1.29, 1.82) is 0 Å². The van der Waals surface area contributed by atoms with Gasteiger partial charge in [0.15, 0.2) is 12.3 Å². The van der Waals surface area contributed by atoms with Gasteiger partial charge in [-0.25, -0.2) is 19.4 Å². The first kappa shape index (κ1) is 27.4. The minimum atomic E-state index is 0. The second kappa shape index (κ2) is 10.1. The van der Waals surface area contributed by atoms with Crippen molar-refractivity contribution in [2.75, 3.05) is 30.9 Å². The van der Waals surface area contributed by atoms with Crippen LogP contribution in [0.3, 0.4) is 0 Å². The van der Waals surface area contributed by atoms with E-state index in [9.17, 15) is 0 Å². The van der Waals surface area contributed by atoms with E-state index in [4.69, 9.17) is 19.9 Å². The van der Waals surface area contributed by atoms with Gasteiger partial charge in [-0.3, -0.25) is 0 Å². The van der Waals surface area contributed by atoms with Crippen LogP contribution in [0.4, 0.5) is 34.5 Å². The van der Waals surface area contributed by atoms with Crippen molar-refractivity contribution < 1.29 is 28.9 Å². The Balaban J connectivity index is 0.00000308. The van der Waals surface area contributed by atoms with Gasteiger partial charge < -0.3 is 33.8 Å². The molecule has 0 radical (unpaired) electrons. The molecule has 2 aromatic carbocycles. The lowest BCUT2D eigenvalue weighted by molar-refractivity contribution is -0.786. The van der Waals surface area contributed by atoms with Crippen molar-refractivity contribution in [3.05, 3.63) is 83.6 Å². The maximum absolute atomic E-state index is 5.29. The van der Waals surface area contributed by atoms with E-state index in [1.807, 2.05) is 19.3 Å². The summed E-state index contributed by atoms with van der Waals surface area (Å²) in [6.45, 7) is 8.61. The molecule has 0 saturated carbocycles. The Bertz CT molecular complexity index is 1540. The van der Waals surface area contributed by atoms with Crippen molar-refractivity contribution in [3.63, 3.8) is 0 Å². The predicted octanol–water partition coefficient (Wildman–Crippen LogP) is 1.13. The fourth-order valence-corrected chi connectivity index (χ4v) is 6.22. The quantitative estimate of drug-likeness (QED) is 0.268. The first-order valence-corrected chi connectivity index (χ1v) is 13.2. The van der Waals surface area contributed by atoms with Crippen LogP contribution in [0.25, 0.3) is 0 Å². The highest BCUT2D eigenvalue weighted by atomic mass is 127. The molecule has 8 nitrogen and oxygen atoms in total. The number of aromatic nitrogens is 4. The van der Waals surface area contributed by atoms with E-state index in [1.54, 1.807) is 0 Å². The topological polar surface area (TPSA) is 62.5 Å². The van der Waals surface area contributed by atoms with Crippen LogP contribution in [-0.2, 0) is 6.42 Å². The van der Waals surface area contributed by atoms with Gasteiger partial charge in [0.05, 0.1) is 31.6 Å². The van der Waals surface area contributed by atoms with Gasteiger partial charge in [-0.1, -0.05) is 36.4 Å². The summed E-state index contributed by atoms with van der Waals surface area (Å²) in [4.78, 5) is 25.7. The number of nitrogens with one attached hydrogen (secondary N) is 1. The lowest BCUT2D eigenvalue weighted by atomic mass is 10.1. The number of hydrogen-bond donors (Lipinski definition) is 1. The van der Waals surface area contributed by atoms with E-state index >= 15 is 0 Å². The summed E-state index contributed by atoms with van der Waals surface area (Å²) in [6.07, 6.45) is 4.74. The molecular weight excluding hydrogens is 599 g/mol. The highest BCUT2D eigenvalue weighted by Crippen LogP contribution is 2.48. The van der Waals surface area contributed by atoms with Gasteiger partial charge in [0.25, 0.3) is 11.6 Å². The third kappa shape index (κ3) is 4.18. The highest BCUT2D eigenvalue weighted by Gasteiger charge is 2.50. The van der Waals surface area contributed by atoms with Gasteiger partial charge in [0.2, 0.25) is 5.82 Å². The molecule has 4 aromatic rings. The minimum Gasteiger partial charge on any atom is -1.00 e. The number of benzene rings is 2. The molecule has 4 heterocycles. The molecule has 39 heavy (non-hydrogen) atoms. The molecule has 0 saturated heterocycles. The molecule has 0 aliphatic carbocycles. The van der Waals surface area contributed by atoms with Crippen molar-refractivity contribution >= 4 is 34.5 Å². The predicted molar refractivity (Wildman–Crippen MR) is 153 cm³/mol. The summed E-state index contributed by atoms with van der Waals surface area (Å²) in [7, 11) is 6.51. The number of quaternary nitrogens is 2. The van der Waals surface area contributed by atoms with Crippen LogP contribution in [0.1, 0.15) is 29.6 Å². The van der Waals surface area contributed by atoms with Gasteiger partial charge in [0, 0.05) is 32.1 Å². The number of halogens is 1. The first-order chi connectivity index (χ1) is 18.2. The Morgan fingerprint density at radius 3 is 2.28 bits per heavy atom. The lowest BCUT2D eigenvalue weighted by Crippen LogP contribution is -3.07. The Kier molecular flexibility index (Phi) is 7.11. The molecule has 2 aromatic heterocycles. The number of anilines is 2. The summed E-state index contributed by atoms with van der Waals surface area (Å²) in [6, 6.07) is 17.2. The fraction of sp³-hybridized carbons (Fsp3) is 0.333. The Morgan fingerprint density at radius 2 is 1.56 bits per heavy atom. The van der Waals surface area contributed by atoms with Crippen molar-refractivity contribution in [1.82, 2.24) is 24.4 Å². The number of hydrogen-bond acceptors (Lipinski definition) is 6. The van der Waals surface area contributed by atoms with Crippen LogP contribution in [-0.4, -0.2) is 53.4 Å². The third-order valence-corrected chi connectivity index (χ3v) is 8.62. The smallest absolute Gasteiger partial charge is 0.276 e. The van der Waals surface area contributed by atoms with E-state index in [2.05, 4.69) is 100 Å². The fourth-order valence-electron chi connectivity index (χ4n) is 6.22. The minimum absolute atomic E-state index is 0. The molecule has 4 atom stereocenters. The monoisotopic (exact) mass is 635 g/mol. The summed E-state index contributed by atoms with van der Waals surface area (Å²) in [5, 5.41) is 0. The second-order valence-corrected chi connectivity index (χ2v) is 10.8. The summed E-state index contributed by atoms with van der Waals surface area (Å²) >= 11 is 0. The third-order valence-electron chi connectivity index (χ3n) is 8.62. The van der Waals surface area contributed by atoms with Crippen LogP contribution in [0.15, 0.2) is 60.9 Å². The van der Waals surface area contributed by atoms with Crippen molar-refractivity contribution in [2.45, 2.75) is 46.4 Å². The average molecular weight is 636 g/mol. The van der Waals surface area contributed by atoms with Gasteiger partial charge in [0.1, 0.15) is 22.9 Å². The number of rotatable bonds is 4. The zero-order valence-electron chi connectivity index (χ0n) is 23.6. The Morgan fingerprint density at radius 1 is 0.872 bits per heavy atom. The standard InChI is InChI=1S/C30H35N8.HI/c1-19-12-8-10-14-23(19)37-27(36(6)28-29(37)33-21(3)17-32-28)16-26-31-18-24-30(34-26)38(7,22(4)35(24)5)25-15-11-9-13-20(25)2;/h8-15,17-18,22,27H,16H2,1-7H3;1H/q+1;. The molecule has 202 valence electrons. The van der Waals surface area contributed by atoms with E-state index in [1.165, 1.54) is 27.4 Å². The maximum Gasteiger partial charge on any atom is 0.276 e. The van der Waals surface area contributed by atoms with Crippen LogP contribution < -0.4 is 43.2 Å².